The van der Waals surface area contributed by atoms with Crippen LogP contribution in [-0.2, 0) is 7.05 Å². The van der Waals surface area contributed by atoms with Crippen LogP contribution in [0.5, 0.6) is 0 Å². The summed E-state index contributed by atoms with van der Waals surface area (Å²) >= 11 is 0. The molecule has 1 aromatic heterocycles. The molecule has 1 N–H and O–H groups in total. The van der Waals surface area contributed by atoms with Crippen LogP contribution in [0.4, 0.5) is 0 Å². The van der Waals surface area contributed by atoms with Gasteiger partial charge in [-0.3, -0.25) is 0 Å². The van der Waals surface area contributed by atoms with E-state index in [0.29, 0.717) is 0 Å². The molecule has 2 unspecified atom stereocenters. The highest BCUT2D eigenvalue weighted by Crippen LogP contribution is 2.20. The molecule has 0 aliphatic heterocycles. The minimum atomic E-state index is 0.108. The molecule has 102 valence electrons. The Morgan fingerprint density at radius 3 is 2.42 bits per heavy atom. The normalized spacial score (nSPS) is 14.4. The lowest BCUT2D eigenvalue weighted by Gasteiger charge is -2.20. The zero-order chi connectivity index (χ0) is 14.0. The van der Waals surface area contributed by atoms with E-state index in [4.69, 9.17) is 0 Å². The smallest absolute Gasteiger partial charge is 0.167 e. The second-order valence-electron chi connectivity index (χ2n) is 5.11. The third-order valence-corrected chi connectivity index (χ3v) is 3.57. The van der Waals surface area contributed by atoms with E-state index < -0.39 is 0 Å². The number of nitrogens with one attached hydrogen (secondary N) is 1. The summed E-state index contributed by atoms with van der Waals surface area (Å²) < 4.78 is 1.70. The molecule has 0 saturated heterocycles. The molecule has 2 aromatic rings. The number of nitrogens with zero attached hydrogens (tertiary/aromatic N) is 4. The molecule has 2 rings (SSSR count). The fraction of sp³-hybridized carbons (Fsp3) is 0.500. The van der Waals surface area contributed by atoms with Gasteiger partial charge in [-0.05, 0) is 54.8 Å². The molecule has 5 nitrogen and oxygen atoms in total. The van der Waals surface area contributed by atoms with Gasteiger partial charge in [-0.25, -0.2) is 4.68 Å². The van der Waals surface area contributed by atoms with Gasteiger partial charge >= 0.3 is 0 Å². The summed E-state index contributed by atoms with van der Waals surface area (Å²) in [5.74, 6) is 0.843. The van der Waals surface area contributed by atoms with Crippen molar-refractivity contribution in [2.75, 3.05) is 0 Å². The van der Waals surface area contributed by atoms with Crippen molar-refractivity contribution in [3.63, 3.8) is 0 Å². The fourth-order valence-electron chi connectivity index (χ4n) is 2.18. The third kappa shape index (κ3) is 2.98. The Morgan fingerprint density at radius 1 is 1.11 bits per heavy atom. The first-order chi connectivity index (χ1) is 8.99. The van der Waals surface area contributed by atoms with Gasteiger partial charge in [0.15, 0.2) is 5.82 Å². The first-order valence-electron chi connectivity index (χ1n) is 6.54. The van der Waals surface area contributed by atoms with Crippen LogP contribution in [0.15, 0.2) is 18.2 Å². The molecule has 1 aromatic carbocycles. The summed E-state index contributed by atoms with van der Waals surface area (Å²) in [6.45, 7) is 8.50. The molecule has 0 bridgehead atoms. The number of benzene rings is 1. The predicted molar refractivity (Wildman–Crippen MR) is 74.7 cm³/mol. The van der Waals surface area contributed by atoms with Gasteiger partial charge in [-0.2, -0.15) is 0 Å². The SMILES string of the molecule is Cc1ccc(C(C)NC(C)c2nnnn2C)cc1C. The van der Waals surface area contributed by atoms with E-state index in [2.05, 4.69) is 66.7 Å². The number of hydrogen-bond donors (Lipinski definition) is 1. The summed E-state index contributed by atoms with van der Waals surface area (Å²) in [5, 5.41) is 15.1. The van der Waals surface area contributed by atoms with Crippen molar-refractivity contribution in [3.05, 3.63) is 40.7 Å². The number of aryl methyl sites for hydroxylation is 3. The van der Waals surface area contributed by atoms with Gasteiger partial charge in [0.2, 0.25) is 0 Å². The Morgan fingerprint density at radius 2 is 1.84 bits per heavy atom. The summed E-state index contributed by atoms with van der Waals surface area (Å²) in [7, 11) is 1.86. The van der Waals surface area contributed by atoms with Crippen LogP contribution < -0.4 is 5.32 Å². The molecule has 0 radical (unpaired) electrons. The maximum atomic E-state index is 4.03. The van der Waals surface area contributed by atoms with Gasteiger partial charge in [0, 0.05) is 13.1 Å². The summed E-state index contributed by atoms with van der Waals surface area (Å²) in [4.78, 5) is 0. The minimum Gasteiger partial charge on any atom is -0.301 e. The highest BCUT2D eigenvalue weighted by Gasteiger charge is 2.16. The van der Waals surface area contributed by atoms with E-state index in [1.54, 1.807) is 4.68 Å². The van der Waals surface area contributed by atoms with Crippen molar-refractivity contribution < 1.29 is 0 Å². The number of hydrogen-bond acceptors (Lipinski definition) is 4. The van der Waals surface area contributed by atoms with Crippen LogP contribution in [0.25, 0.3) is 0 Å². The molecule has 5 heteroatoms. The van der Waals surface area contributed by atoms with Crippen molar-refractivity contribution in [2.24, 2.45) is 7.05 Å². The van der Waals surface area contributed by atoms with E-state index in [1.165, 1.54) is 16.7 Å². The molecule has 0 fully saturated rings. The molecule has 19 heavy (non-hydrogen) atoms. The minimum absolute atomic E-state index is 0.108. The fourth-order valence-corrected chi connectivity index (χ4v) is 2.18. The summed E-state index contributed by atoms with van der Waals surface area (Å²) in [6.07, 6.45) is 0. The topological polar surface area (TPSA) is 55.6 Å². The van der Waals surface area contributed by atoms with E-state index in [9.17, 15) is 0 Å². The van der Waals surface area contributed by atoms with Crippen molar-refractivity contribution in [2.45, 2.75) is 39.8 Å². The van der Waals surface area contributed by atoms with Crippen molar-refractivity contribution >= 4 is 0 Å². The maximum absolute atomic E-state index is 4.03. The Hall–Kier alpha value is -1.75. The largest absolute Gasteiger partial charge is 0.301 e. The summed E-state index contributed by atoms with van der Waals surface area (Å²) in [6, 6.07) is 6.93. The first kappa shape index (κ1) is 13.7. The first-order valence-corrected chi connectivity index (χ1v) is 6.54. The van der Waals surface area contributed by atoms with Crippen LogP contribution >= 0.6 is 0 Å². The molecular weight excluding hydrogens is 238 g/mol. The van der Waals surface area contributed by atoms with Crippen molar-refractivity contribution in [1.29, 1.82) is 0 Å². The Kier molecular flexibility index (Phi) is 3.95. The second kappa shape index (κ2) is 5.48. The van der Waals surface area contributed by atoms with Gasteiger partial charge in [0.1, 0.15) is 0 Å². The zero-order valence-electron chi connectivity index (χ0n) is 12.2. The molecule has 0 saturated carbocycles. The van der Waals surface area contributed by atoms with Crippen LogP contribution in [0.2, 0.25) is 0 Å². The Labute approximate surface area is 114 Å². The van der Waals surface area contributed by atoms with Crippen LogP contribution in [0, 0.1) is 13.8 Å². The molecular formula is C14H21N5. The van der Waals surface area contributed by atoms with Gasteiger partial charge in [0.05, 0.1) is 6.04 Å². The van der Waals surface area contributed by atoms with Gasteiger partial charge in [-0.1, -0.05) is 18.2 Å². The average Bonchev–Trinajstić information content (AvgIpc) is 2.79. The lowest BCUT2D eigenvalue weighted by atomic mass is 10.0. The highest BCUT2D eigenvalue weighted by molar-refractivity contribution is 5.31. The number of aromatic nitrogens is 4. The molecule has 0 aliphatic rings. The van der Waals surface area contributed by atoms with Crippen molar-refractivity contribution in [1.82, 2.24) is 25.5 Å². The lowest BCUT2D eigenvalue weighted by Crippen LogP contribution is -2.25. The number of tetrazole rings is 1. The van der Waals surface area contributed by atoms with E-state index in [0.717, 1.165) is 5.82 Å². The van der Waals surface area contributed by atoms with Gasteiger partial charge < -0.3 is 5.32 Å². The predicted octanol–water partition coefficient (Wildman–Crippen LogP) is 2.24. The van der Waals surface area contributed by atoms with Gasteiger partial charge in [0.25, 0.3) is 0 Å². The Bertz CT molecular complexity index is 561. The quantitative estimate of drug-likeness (QED) is 0.915. The molecule has 0 aliphatic carbocycles. The van der Waals surface area contributed by atoms with E-state index >= 15 is 0 Å². The van der Waals surface area contributed by atoms with E-state index in [-0.39, 0.29) is 12.1 Å². The Balaban J connectivity index is 2.10. The second-order valence-corrected chi connectivity index (χ2v) is 5.11. The van der Waals surface area contributed by atoms with Crippen LogP contribution in [0.1, 0.15) is 48.4 Å². The standard InChI is InChI=1S/C14H21N5/c1-9-6-7-13(8-10(9)2)11(3)15-12(4)14-16-17-18-19(14)5/h6-8,11-12,15H,1-5H3. The lowest BCUT2D eigenvalue weighted by molar-refractivity contribution is 0.460. The van der Waals surface area contributed by atoms with Crippen molar-refractivity contribution in [3.8, 4) is 0 Å². The zero-order valence-corrected chi connectivity index (χ0v) is 12.2. The molecule has 2 atom stereocenters. The number of rotatable bonds is 4. The van der Waals surface area contributed by atoms with Crippen LogP contribution in [-0.4, -0.2) is 20.2 Å². The molecule has 0 spiro atoms. The summed E-state index contributed by atoms with van der Waals surface area (Å²) in [5.41, 5.74) is 3.92. The maximum Gasteiger partial charge on any atom is 0.167 e. The third-order valence-electron chi connectivity index (χ3n) is 3.57. The monoisotopic (exact) mass is 259 g/mol. The average molecular weight is 259 g/mol. The molecule has 1 heterocycles. The van der Waals surface area contributed by atoms with E-state index in [1.807, 2.05) is 7.05 Å². The van der Waals surface area contributed by atoms with Gasteiger partial charge in [-0.15, -0.1) is 5.10 Å². The molecule has 0 amide bonds. The highest BCUT2D eigenvalue weighted by atomic mass is 15.5. The van der Waals surface area contributed by atoms with Crippen LogP contribution in [0.3, 0.4) is 0 Å².